The van der Waals surface area contributed by atoms with E-state index in [2.05, 4.69) is 25.5 Å². The van der Waals surface area contributed by atoms with Crippen LogP contribution in [0.25, 0.3) is 0 Å². The molecule has 1 saturated carbocycles. The van der Waals surface area contributed by atoms with Crippen molar-refractivity contribution >= 4 is 34.1 Å². The number of carbonyl (C=O) groups is 1. The quantitative estimate of drug-likeness (QED) is 0.845. The van der Waals surface area contributed by atoms with Crippen molar-refractivity contribution in [2.45, 2.75) is 43.8 Å². The fourth-order valence-corrected chi connectivity index (χ4v) is 4.11. The zero-order valence-corrected chi connectivity index (χ0v) is 15.0. The summed E-state index contributed by atoms with van der Waals surface area (Å²) in [7, 11) is 0. The number of H-pyrrole nitrogens is 1. The summed E-state index contributed by atoms with van der Waals surface area (Å²) in [5.41, 5.74) is -0.239. The molecule has 7 nitrogen and oxygen atoms in total. The molecular weight excluding hydrogens is 346 g/mol. The normalized spacial score (nSPS) is 15.4. The minimum absolute atomic E-state index is 0.0946. The number of amides is 1. The van der Waals surface area contributed by atoms with E-state index in [4.69, 9.17) is 0 Å². The van der Waals surface area contributed by atoms with E-state index in [9.17, 15) is 9.59 Å². The van der Waals surface area contributed by atoms with Crippen LogP contribution in [-0.2, 0) is 5.75 Å². The molecule has 1 aliphatic rings. The summed E-state index contributed by atoms with van der Waals surface area (Å²) >= 11 is 2.93. The second-order valence-electron chi connectivity index (χ2n) is 5.74. The number of aromatic amines is 1. The number of hydrogen-bond donors (Lipinski definition) is 2. The van der Waals surface area contributed by atoms with Crippen LogP contribution in [0.4, 0.5) is 5.13 Å². The van der Waals surface area contributed by atoms with Gasteiger partial charge in [0.15, 0.2) is 0 Å². The summed E-state index contributed by atoms with van der Waals surface area (Å²) in [6.45, 7) is 0. The molecule has 0 aliphatic heterocycles. The first kappa shape index (κ1) is 17.1. The van der Waals surface area contributed by atoms with Gasteiger partial charge in [0.1, 0.15) is 16.5 Å². The SMILES string of the molecule is CSCc1nc(C(=O)Nc2nnc(C3CCCCC3)s2)cc(=O)[nH]1. The number of anilines is 1. The standard InChI is InChI=1S/C15H19N5O2S2/c1-23-8-11-16-10(7-12(21)17-11)13(22)18-15-20-19-14(24-15)9-5-3-2-4-6-9/h7,9H,2-6,8H2,1H3,(H,16,17,21)(H,18,20,22). The molecule has 0 saturated heterocycles. The first-order chi connectivity index (χ1) is 11.7. The Balaban J connectivity index is 1.70. The number of nitrogens with one attached hydrogen (secondary N) is 2. The Morgan fingerprint density at radius 1 is 1.38 bits per heavy atom. The zero-order valence-electron chi connectivity index (χ0n) is 13.4. The number of hydrogen-bond acceptors (Lipinski definition) is 7. The van der Waals surface area contributed by atoms with E-state index < -0.39 is 5.91 Å². The molecule has 0 aromatic carbocycles. The summed E-state index contributed by atoms with van der Waals surface area (Å²) in [5.74, 6) is 1.05. The van der Waals surface area contributed by atoms with Crippen molar-refractivity contribution in [1.29, 1.82) is 0 Å². The Morgan fingerprint density at radius 2 is 2.17 bits per heavy atom. The third-order valence-corrected chi connectivity index (χ3v) is 5.48. The maximum absolute atomic E-state index is 12.3. The predicted octanol–water partition coefficient (Wildman–Crippen LogP) is 2.78. The zero-order chi connectivity index (χ0) is 16.9. The van der Waals surface area contributed by atoms with Crippen LogP contribution in [0.3, 0.4) is 0 Å². The van der Waals surface area contributed by atoms with Gasteiger partial charge in [0.2, 0.25) is 5.13 Å². The van der Waals surface area contributed by atoms with Crippen molar-refractivity contribution in [2.75, 3.05) is 11.6 Å². The second-order valence-corrected chi connectivity index (χ2v) is 7.62. The van der Waals surface area contributed by atoms with E-state index in [0.717, 1.165) is 17.8 Å². The maximum atomic E-state index is 12.3. The molecule has 1 amide bonds. The Morgan fingerprint density at radius 3 is 2.92 bits per heavy atom. The monoisotopic (exact) mass is 365 g/mol. The van der Waals surface area contributed by atoms with Crippen molar-refractivity contribution in [3.05, 3.63) is 32.9 Å². The summed E-state index contributed by atoms with van der Waals surface area (Å²) in [6, 6.07) is 1.20. The highest BCUT2D eigenvalue weighted by Gasteiger charge is 2.20. The molecular formula is C15H19N5O2S2. The Kier molecular flexibility index (Phi) is 5.62. The van der Waals surface area contributed by atoms with Gasteiger partial charge in [-0.25, -0.2) is 4.98 Å². The molecule has 0 radical (unpaired) electrons. The molecule has 24 heavy (non-hydrogen) atoms. The van der Waals surface area contributed by atoms with Gasteiger partial charge in [-0.1, -0.05) is 30.6 Å². The average molecular weight is 365 g/mol. The smallest absolute Gasteiger partial charge is 0.276 e. The van der Waals surface area contributed by atoms with Crippen molar-refractivity contribution < 1.29 is 4.79 Å². The highest BCUT2D eigenvalue weighted by atomic mass is 32.2. The molecule has 9 heteroatoms. The lowest BCUT2D eigenvalue weighted by Gasteiger charge is -2.18. The van der Waals surface area contributed by atoms with E-state index in [1.54, 1.807) is 0 Å². The van der Waals surface area contributed by atoms with E-state index in [1.165, 1.54) is 48.4 Å². The van der Waals surface area contributed by atoms with E-state index in [-0.39, 0.29) is 11.3 Å². The third kappa shape index (κ3) is 4.21. The lowest BCUT2D eigenvalue weighted by molar-refractivity contribution is 0.102. The largest absolute Gasteiger partial charge is 0.310 e. The van der Waals surface area contributed by atoms with Crippen molar-refractivity contribution in [3.8, 4) is 0 Å². The highest BCUT2D eigenvalue weighted by Crippen LogP contribution is 2.35. The molecule has 2 aromatic heterocycles. The lowest BCUT2D eigenvalue weighted by Crippen LogP contribution is -2.20. The third-order valence-electron chi connectivity index (χ3n) is 3.92. The summed E-state index contributed by atoms with van der Waals surface area (Å²) in [4.78, 5) is 30.8. The van der Waals surface area contributed by atoms with Crippen molar-refractivity contribution in [2.24, 2.45) is 0 Å². The van der Waals surface area contributed by atoms with Gasteiger partial charge in [0.25, 0.3) is 11.5 Å². The van der Waals surface area contributed by atoms with Gasteiger partial charge >= 0.3 is 0 Å². The molecule has 2 aromatic rings. The van der Waals surface area contributed by atoms with Crippen LogP contribution in [0, 0.1) is 0 Å². The molecule has 2 heterocycles. The minimum Gasteiger partial charge on any atom is -0.310 e. The van der Waals surface area contributed by atoms with Gasteiger partial charge in [-0.15, -0.1) is 10.2 Å². The van der Waals surface area contributed by atoms with Gasteiger partial charge < -0.3 is 4.98 Å². The number of rotatable bonds is 5. The molecule has 0 spiro atoms. The summed E-state index contributed by atoms with van der Waals surface area (Å²) < 4.78 is 0. The Labute approximate surface area is 147 Å². The van der Waals surface area contributed by atoms with Crippen LogP contribution in [0.1, 0.15) is 59.3 Å². The number of carbonyl (C=O) groups excluding carboxylic acids is 1. The molecule has 128 valence electrons. The van der Waals surface area contributed by atoms with Crippen LogP contribution in [-0.4, -0.2) is 32.3 Å². The van der Waals surface area contributed by atoms with Crippen LogP contribution in [0.2, 0.25) is 0 Å². The van der Waals surface area contributed by atoms with Gasteiger partial charge in [0, 0.05) is 12.0 Å². The van der Waals surface area contributed by atoms with Crippen LogP contribution < -0.4 is 10.9 Å². The molecule has 1 aliphatic carbocycles. The predicted molar refractivity (Wildman–Crippen MR) is 95.8 cm³/mol. The number of thioether (sulfide) groups is 1. The lowest BCUT2D eigenvalue weighted by atomic mass is 9.90. The average Bonchev–Trinajstić information content (AvgIpc) is 3.04. The summed E-state index contributed by atoms with van der Waals surface area (Å²) in [6.07, 6.45) is 7.90. The maximum Gasteiger partial charge on any atom is 0.276 e. The van der Waals surface area contributed by atoms with Crippen molar-refractivity contribution in [3.63, 3.8) is 0 Å². The highest BCUT2D eigenvalue weighted by molar-refractivity contribution is 7.97. The van der Waals surface area contributed by atoms with Crippen LogP contribution in [0.15, 0.2) is 10.9 Å². The van der Waals surface area contributed by atoms with E-state index in [0.29, 0.717) is 22.6 Å². The second kappa shape index (κ2) is 7.89. The van der Waals surface area contributed by atoms with Gasteiger partial charge in [-0.2, -0.15) is 11.8 Å². The van der Waals surface area contributed by atoms with Crippen LogP contribution >= 0.6 is 23.1 Å². The van der Waals surface area contributed by atoms with Crippen molar-refractivity contribution in [1.82, 2.24) is 20.2 Å². The van der Waals surface area contributed by atoms with Crippen LogP contribution in [0.5, 0.6) is 0 Å². The van der Waals surface area contributed by atoms with E-state index >= 15 is 0 Å². The Bertz CT molecular complexity index is 767. The topological polar surface area (TPSA) is 101 Å². The molecule has 0 bridgehead atoms. The number of nitrogens with zero attached hydrogens (tertiary/aromatic N) is 3. The van der Waals surface area contributed by atoms with Gasteiger partial charge in [-0.05, 0) is 19.1 Å². The first-order valence-corrected chi connectivity index (χ1v) is 10.1. The molecule has 0 unspecified atom stereocenters. The molecule has 2 N–H and O–H groups in total. The van der Waals surface area contributed by atoms with Gasteiger partial charge in [0.05, 0.1) is 5.75 Å². The first-order valence-electron chi connectivity index (χ1n) is 7.89. The van der Waals surface area contributed by atoms with E-state index in [1.807, 2.05) is 6.26 Å². The Hall–Kier alpha value is -1.74. The summed E-state index contributed by atoms with van der Waals surface area (Å²) in [5, 5.41) is 12.4. The molecule has 0 atom stereocenters. The molecule has 1 fully saturated rings. The van der Waals surface area contributed by atoms with Gasteiger partial charge in [-0.3, -0.25) is 14.9 Å². The fraction of sp³-hybridized carbons (Fsp3) is 0.533. The molecule has 3 rings (SSSR count). The number of aromatic nitrogens is 4. The minimum atomic E-state index is -0.435. The fourth-order valence-electron chi connectivity index (χ4n) is 2.79.